The molecule has 0 aromatic heterocycles. The highest BCUT2D eigenvalue weighted by atomic mass is 32.2. The second kappa shape index (κ2) is 6.53. The highest BCUT2D eigenvalue weighted by Gasteiger charge is 2.31. The summed E-state index contributed by atoms with van der Waals surface area (Å²) in [5, 5.41) is 2.69. The van der Waals surface area contributed by atoms with Gasteiger partial charge in [0.2, 0.25) is 15.9 Å². The zero-order valence-corrected chi connectivity index (χ0v) is 13.4. The maximum Gasteiger partial charge on any atom is 0.240 e. The molecule has 21 heavy (non-hydrogen) atoms. The standard InChI is InChI=1S/C14H21FN2O3S/c1-10(9-11-7-5-6-8-12(11)15)16-13(18)14(2,3)17-21(4,19)20/h5-8,10,17H,9H2,1-4H3,(H,16,18). The van der Waals surface area contributed by atoms with Crippen molar-refractivity contribution in [2.24, 2.45) is 0 Å². The van der Waals surface area contributed by atoms with E-state index in [9.17, 15) is 17.6 Å². The number of nitrogens with one attached hydrogen (secondary N) is 2. The van der Waals surface area contributed by atoms with E-state index in [0.717, 1.165) is 6.26 Å². The zero-order chi connectivity index (χ0) is 16.3. The van der Waals surface area contributed by atoms with Crippen LogP contribution in [0.4, 0.5) is 4.39 Å². The third-order valence-corrected chi connectivity index (χ3v) is 3.75. The summed E-state index contributed by atoms with van der Waals surface area (Å²) in [6.45, 7) is 4.68. The van der Waals surface area contributed by atoms with Gasteiger partial charge in [-0.2, -0.15) is 0 Å². The number of sulfonamides is 1. The van der Waals surface area contributed by atoms with Gasteiger partial charge in [-0.15, -0.1) is 0 Å². The molecule has 0 spiro atoms. The molecule has 1 unspecified atom stereocenters. The van der Waals surface area contributed by atoms with Crippen molar-refractivity contribution in [2.75, 3.05) is 6.26 Å². The Balaban J connectivity index is 2.68. The molecule has 5 nitrogen and oxygen atoms in total. The fourth-order valence-corrected chi connectivity index (χ4v) is 2.98. The van der Waals surface area contributed by atoms with E-state index in [1.54, 1.807) is 25.1 Å². The van der Waals surface area contributed by atoms with Gasteiger partial charge in [-0.05, 0) is 38.8 Å². The number of carbonyl (C=O) groups is 1. The molecule has 1 amide bonds. The molecule has 0 saturated carbocycles. The van der Waals surface area contributed by atoms with Crippen LogP contribution in [0.1, 0.15) is 26.3 Å². The SMILES string of the molecule is CC(Cc1ccccc1F)NC(=O)C(C)(C)NS(C)(=O)=O. The lowest BCUT2D eigenvalue weighted by molar-refractivity contribution is -0.126. The van der Waals surface area contributed by atoms with Crippen LogP contribution in [0.2, 0.25) is 0 Å². The first-order valence-electron chi connectivity index (χ1n) is 6.54. The lowest BCUT2D eigenvalue weighted by Gasteiger charge is -2.26. The highest BCUT2D eigenvalue weighted by Crippen LogP contribution is 2.10. The Hall–Kier alpha value is -1.47. The first-order valence-corrected chi connectivity index (χ1v) is 8.44. The van der Waals surface area contributed by atoms with Gasteiger partial charge in [0.05, 0.1) is 6.26 Å². The van der Waals surface area contributed by atoms with E-state index in [4.69, 9.17) is 0 Å². The van der Waals surface area contributed by atoms with Crippen LogP contribution in [0, 0.1) is 5.82 Å². The zero-order valence-electron chi connectivity index (χ0n) is 12.6. The van der Waals surface area contributed by atoms with Crippen LogP contribution in [-0.4, -0.2) is 32.2 Å². The molecule has 0 bridgehead atoms. The number of benzene rings is 1. The predicted octanol–water partition coefficient (Wildman–Crippen LogP) is 1.20. The van der Waals surface area contributed by atoms with Gasteiger partial charge in [0.1, 0.15) is 11.4 Å². The molecule has 0 heterocycles. The average molecular weight is 316 g/mol. The third-order valence-electron chi connectivity index (χ3n) is 2.87. The lowest BCUT2D eigenvalue weighted by Crippen LogP contribution is -2.56. The molecule has 1 aromatic carbocycles. The fraction of sp³-hybridized carbons (Fsp3) is 0.500. The number of carbonyl (C=O) groups excluding carboxylic acids is 1. The van der Waals surface area contributed by atoms with Gasteiger partial charge in [-0.3, -0.25) is 4.79 Å². The van der Waals surface area contributed by atoms with Crippen LogP contribution in [-0.2, 0) is 21.2 Å². The van der Waals surface area contributed by atoms with Crippen molar-refractivity contribution in [1.29, 1.82) is 0 Å². The summed E-state index contributed by atoms with van der Waals surface area (Å²) in [6.07, 6.45) is 1.32. The number of rotatable bonds is 6. The van der Waals surface area contributed by atoms with Crippen molar-refractivity contribution in [1.82, 2.24) is 10.0 Å². The summed E-state index contributed by atoms with van der Waals surface area (Å²) < 4.78 is 38.3. The summed E-state index contributed by atoms with van der Waals surface area (Å²) in [4.78, 5) is 12.1. The molecular formula is C14H21FN2O3S. The highest BCUT2D eigenvalue weighted by molar-refractivity contribution is 7.88. The van der Waals surface area contributed by atoms with Gasteiger partial charge < -0.3 is 5.32 Å². The maximum atomic E-state index is 13.5. The Labute approximate surface area is 125 Å². The van der Waals surface area contributed by atoms with Crippen molar-refractivity contribution in [2.45, 2.75) is 38.8 Å². The number of hydrogen-bond acceptors (Lipinski definition) is 3. The van der Waals surface area contributed by atoms with E-state index in [0.29, 0.717) is 12.0 Å². The van der Waals surface area contributed by atoms with Gasteiger partial charge in [-0.1, -0.05) is 18.2 Å². The van der Waals surface area contributed by atoms with Gasteiger partial charge >= 0.3 is 0 Å². The van der Waals surface area contributed by atoms with Crippen LogP contribution in [0.15, 0.2) is 24.3 Å². The quantitative estimate of drug-likeness (QED) is 0.828. The molecule has 0 aliphatic carbocycles. The Kier molecular flexibility index (Phi) is 5.47. The van der Waals surface area contributed by atoms with E-state index in [1.165, 1.54) is 19.9 Å². The van der Waals surface area contributed by atoms with Crippen LogP contribution in [0.25, 0.3) is 0 Å². The van der Waals surface area contributed by atoms with Crippen LogP contribution >= 0.6 is 0 Å². The number of amides is 1. The minimum Gasteiger partial charge on any atom is -0.352 e. The number of halogens is 1. The summed E-state index contributed by atoms with van der Waals surface area (Å²) in [5.41, 5.74) is -0.768. The van der Waals surface area contributed by atoms with Crippen LogP contribution in [0.5, 0.6) is 0 Å². The van der Waals surface area contributed by atoms with Crippen molar-refractivity contribution in [3.05, 3.63) is 35.6 Å². The summed E-state index contributed by atoms with van der Waals surface area (Å²) in [6, 6.07) is 6.01. The first kappa shape index (κ1) is 17.6. The van der Waals surface area contributed by atoms with Crippen LogP contribution in [0.3, 0.4) is 0 Å². The van der Waals surface area contributed by atoms with E-state index < -0.39 is 21.5 Å². The van der Waals surface area contributed by atoms with Gasteiger partial charge in [0.25, 0.3) is 0 Å². The minimum absolute atomic E-state index is 0.324. The fourth-order valence-electron chi connectivity index (χ4n) is 1.96. The molecule has 2 N–H and O–H groups in total. The summed E-state index contributed by atoms with van der Waals surface area (Å²) >= 11 is 0. The Bertz CT molecular complexity index is 614. The van der Waals surface area contributed by atoms with Crippen molar-refractivity contribution >= 4 is 15.9 Å². The second-order valence-electron chi connectivity index (χ2n) is 5.67. The topological polar surface area (TPSA) is 75.3 Å². The monoisotopic (exact) mass is 316 g/mol. The van der Waals surface area contributed by atoms with Crippen molar-refractivity contribution in [3.63, 3.8) is 0 Å². The molecular weight excluding hydrogens is 295 g/mol. The average Bonchev–Trinajstić information content (AvgIpc) is 2.28. The summed E-state index contributed by atoms with van der Waals surface area (Å²) in [7, 11) is -3.50. The van der Waals surface area contributed by atoms with Gasteiger partial charge in [-0.25, -0.2) is 17.5 Å². The van der Waals surface area contributed by atoms with E-state index in [2.05, 4.69) is 10.0 Å². The molecule has 1 rings (SSSR count). The molecule has 7 heteroatoms. The molecule has 118 valence electrons. The first-order chi connectivity index (χ1) is 9.51. The van der Waals surface area contributed by atoms with E-state index in [-0.39, 0.29) is 11.9 Å². The van der Waals surface area contributed by atoms with Crippen LogP contribution < -0.4 is 10.0 Å². The molecule has 0 aliphatic rings. The molecule has 0 fully saturated rings. The lowest BCUT2D eigenvalue weighted by atomic mass is 10.0. The largest absolute Gasteiger partial charge is 0.352 e. The maximum absolute atomic E-state index is 13.5. The normalized spacial score (nSPS) is 13.8. The Morgan fingerprint density at radius 1 is 1.33 bits per heavy atom. The Morgan fingerprint density at radius 2 is 1.90 bits per heavy atom. The van der Waals surface area contributed by atoms with Crippen molar-refractivity contribution in [3.8, 4) is 0 Å². The second-order valence-corrected chi connectivity index (χ2v) is 7.42. The van der Waals surface area contributed by atoms with E-state index in [1.807, 2.05) is 0 Å². The van der Waals surface area contributed by atoms with Crippen molar-refractivity contribution < 1.29 is 17.6 Å². The third kappa shape index (κ3) is 5.81. The predicted molar refractivity (Wildman–Crippen MR) is 79.8 cm³/mol. The Morgan fingerprint density at radius 3 is 2.43 bits per heavy atom. The smallest absolute Gasteiger partial charge is 0.240 e. The molecule has 0 saturated heterocycles. The molecule has 1 aromatic rings. The molecule has 0 radical (unpaired) electrons. The van der Waals surface area contributed by atoms with Gasteiger partial charge in [0, 0.05) is 6.04 Å². The number of hydrogen-bond donors (Lipinski definition) is 2. The minimum atomic E-state index is -3.50. The molecule has 1 atom stereocenters. The van der Waals surface area contributed by atoms with E-state index >= 15 is 0 Å². The summed E-state index contributed by atoms with van der Waals surface area (Å²) in [5.74, 6) is -0.788. The van der Waals surface area contributed by atoms with Gasteiger partial charge in [0.15, 0.2) is 0 Å². The molecule has 0 aliphatic heterocycles.